The minimum atomic E-state index is -4.17. The maximum Gasteiger partial charge on any atom is 0.340 e. The molecular formula is C31H26N2O6S. The number of benzene rings is 4. The van der Waals surface area contributed by atoms with Gasteiger partial charge in [-0.25, -0.2) is 17.2 Å². The van der Waals surface area contributed by atoms with Crippen molar-refractivity contribution in [3.63, 3.8) is 0 Å². The number of methoxy groups -OCH3 is 2. The summed E-state index contributed by atoms with van der Waals surface area (Å²) in [6, 6.07) is 22.6. The van der Waals surface area contributed by atoms with Crippen LogP contribution in [0.4, 0.5) is 0 Å². The van der Waals surface area contributed by atoms with Gasteiger partial charge >= 0.3 is 5.97 Å². The molecule has 6 rings (SSSR count). The lowest BCUT2D eigenvalue weighted by Crippen LogP contribution is -2.23. The van der Waals surface area contributed by atoms with Gasteiger partial charge in [-0.15, -0.1) is 0 Å². The molecule has 0 spiro atoms. The zero-order chi connectivity index (χ0) is 28.2. The number of rotatable bonds is 6. The molecule has 0 atom stereocenters. The Morgan fingerprint density at radius 1 is 0.950 bits per heavy atom. The molecule has 9 heteroatoms. The molecule has 1 amide bonds. The summed E-state index contributed by atoms with van der Waals surface area (Å²) in [6.07, 6.45) is 0. The van der Waals surface area contributed by atoms with Gasteiger partial charge in [-0.05, 0) is 48.4 Å². The third kappa shape index (κ3) is 3.84. The maximum atomic E-state index is 14.2. The number of fused-ring (bicyclic) bond motifs is 5. The fraction of sp³-hybridized carbons (Fsp3) is 0.161. The van der Waals surface area contributed by atoms with Gasteiger partial charge in [-0.1, -0.05) is 48.5 Å². The van der Waals surface area contributed by atoms with Crippen molar-refractivity contribution in [2.75, 3.05) is 14.2 Å². The molecule has 5 aromatic rings. The van der Waals surface area contributed by atoms with Gasteiger partial charge in [0.15, 0.2) is 0 Å². The molecule has 1 aliphatic rings. The third-order valence-electron chi connectivity index (χ3n) is 7.33. The Bertz CT molecular complexity index is 1960. The molecule has 0 saturated carbocycles. The van der Waals surface area contributed by atoms with Gasteiger partial charge in [0.05, 0.1) is 41.3 Å². The molecule has 1 aromatic heterocycles. The molecule has 4 aromatic carbocycles. The highest BCUT2D eigenvalue weighted by molar-refractivity contribution is 7.90. The molecule has 0 fully saturated rings. The van der Waals surface area contributed by atoms with Crippen LogP contribution < -0.4 is 4.74 Å². The van der Waals surface area contributed by atoms with E-state index in [0.717, 1.165) is 11.1 Å². The van der Waals surface area contributed by atoms with Crippen LogP contribution in [0.5, 0.6) is 5.75 Å². The van der Waals surface area contributed by atoms with Crippen molar-refractivity contribution in [2.45, 2.75) is 24.9 Å². The standard InChI is InChI=1S/C31H26N2O6S/c1-19-9-8-11-22(15-19)40(36,37)33-25-13-6-5-12-23(25)28-27-21(16-24(29(28)33)31(35)39-3)18-32(30(27)34)17-20-10-4-7-14-26(20)38-2/h4-16H,17-18H2,1-3H3. The van der Waals surface area contributed by atoms with Crippen LogP contribution in [0.25, 0.3) is 21.8 Å². The van der Waals surface area contributed by atoms with Crippen LogP contribution >= 0.6 is 0 Å². The molecule has 0 unspecified atom stereocenters. The first-order valence-corrected chi connectivity index (χ1v) is 14.1. The average Bonchev–Trinajstić information content (AvgIpc) is 3.47. The predicted molar refractivity (Wildman–Crippen MR) is 151 cm³/mol. The summed E-state index contributed by atoms with van der Waals surface area (Å²) in [5.74, 6) is -0.280. The fourth-order valence-corrected chi connectivity index (χ4v) is 7.20. The van der Waals surface area contributed by atoms with Crippen molar-refractivity contribution in [3.05, 3.63) is 107 Å². The van der Waals surface area contributed by atoms with Crippen molar-refractivity contribution >= 4 is 43.7 Å². The van der Waals surface area contributed by atoms with E-state index >= 15 is 0 Å². The lowest BCUT2D eigenvalue weighted by atomic mass is 9.98. The first kappa shape index (κ1) is 25.6. The second-order valence-electron chi connectivity index (χ2n) is 9.75. The second kappa shape index (κ2) is 9.53. The summed E-state index contributed by atoms with van der Waals surface area (Å²) in [5, 5.41) is 0.973. The van der Waals surface area contributed by atoms with Gasteiger partial charge in [0.2, 0.25) is 0 Å². The number of hydrogen-bond donors (Lipinski definition) is 0. The molecule has 0 radical (unpaired) electrons. The number of hydrogen-bond acceptors (Lipinski definition) is 6. The predicted octanol–water partition coefficient (Wildman–Crippen LogP) is 5.29. The first-order valence-electron chi connectivity index (χ1n) is 12.7. The van der Waals surface area contributed by atoms with Crippen molar-refractivity contribution in [3.8, 4) is 5.75 Å². The molecule has 8 nitrogen and oxygen atoms in total. The molecule has 0 bridgehead atoms. The van der Waals surface area contributed by atoms with E-state index in [9.17, 15) is 18.0 Å². The smallest absolute Gasteiger partial charge is 0.340 e. The highest BCUT2D eigenvalue weighted by Gasteiger charge is 2.36. The minimum absolute atomic E-state index is 0.0793. The fourth-order valence-electron chi connectivity index (χ4n) is 5.55. The SMILES string of the molecule is COC(=O)c1cc2c(c3c4ccccc4n(S(=O)(=O)c4cccc(C)c4)c13)C(=O)N(Cc1ccccc1OC)C2. The summed E-state index contributed by atoms with van der Waals surface area (Å²) < 4.78 is 40.2. The Morgan fingerprint density at radius 3 is 2.45 bits per heavy atom. The Labute approximate surface area is 231 Å². The number of aryl methyl sites for hydroxylation is 1. The van der Waals surface area contributed by atoms with Crippen molar-refractivity contribution in [1.29, 1.82) is 0 Å². The lowest BCUT2D eigenvalue weighted by molar-refractivity contribution is 0.0602. The molecule has 1 aliphatic heterocycles. The summed E-state index contributed by atoms with van der Waals surface area (Å²) in [4.78, 5) is 28.9. The zero-order valence-corrected chi connectivity index (χ0v) is 23.0. The number of para-hydroxylation sites is 2. The van der Waals surface area contributed by atoms with Gasteiger partial charge in [-0.2, -0.15) is 0 Å². The molecule has 202 valence electrons. The summed E-state index contributed by atoms with van der Waals surface area (Å²) >= 11 is 0. The van der Waals surface area contributed by atoms with E-state index in [4.69, 9.17) is 9.47 Å². The highest BCUT2D eigenvalue weighted by atomic mass is 32.2. The summed E-state index contributed by atoms with van der Waals surface area (Å²) in [6.45, 7) is 2.34. The Kier molecular flexibility index (Phi) is 6.11. The van der Waals surface area contributed by atoms with Crippen LogP contribution in [-0.4, -0.2) is 43.4 Å². The molecule has 0 N–H and O–H groups in total. The van der Waals surface area contributed by atoms with E-state index in [1.165, 1.54) is 17.1 Å². The number of carbonyl (C=O) groups is 2. The Morgan fingerprint density at radius 2 is 1.70 bits per heavy atom. The number of carbonyl (C=O) groups excluding carboxylic acids is 2. The van der Waals surface area contributed by atoms with E-state index in [-0.39, 0.29) is 35.0 Å². The van der Waals surface area contributed by atoms with Gasteiger partial charge in [0.1, 0.15) is 5.75 Å². The largest absolute Gasteiger partial charge is 0.496 e. The van der Waals surface area contributed by atoms with Crippen LogP contribution in [0.3, 0.4) is 0 Å². The lowest BCUT2D eigenvalue weighted by Gasteiger charge is -2.17. The third-order valence-corrected chi connectivity index (χ3v) is 9.04. The van der Waals surface area contributed by atoms with Gasteiger partial charge in [0, 0.05) is 29.4 Å². The van der Waals surface area contributed by atoms with E-state index in [1.807, 2.05) is 37.3 Å². The number of ether oxygens (including phenoxy) is 2. The number of amides is 1. The highest BCUT2D eigenvalue weighted by Crippen LogP contribution is 2.41. The normalized spacial score (nSPS) is 13.2. The quantitative estimate of drug-likeness (QED) is 0.265. The molecule has 2 heterocycles. The maximum absolute atomic E-state index is 14.2. The van der Waals surface area contributed by atoms with Crippen LogP contribution in [0.2, 0.25) is 0 Å². The van der Waals surface area contributed by atoms with E-state index < -0.39 is 16.0 Å². The molecule has 0 saturated heterocycles. The van der Waals surface area contributed by atoms with Crippen LogP contribution in [0.15, 0.2) is 83.8 Å². The van der Waals surface area contributed by atoms with Crippen molar-refractivity contribution in [2.24, 2.45) is 0 Å². The Hall–Kier alpha value is -4.63. The number of aromatic nitrogens is 1. The van der Waals surface area contributed by atoms with Crippen LogP contribution in [-0.2, 0) is 27.8 Å². The average molecular weight is 555 g/mol. The van der Waals surface area contributed by atoms with Crippen molar-refractivity contribution in [1.82, 2.24) is 8.87 Å². The summed E-state index contributed by atoms with van der Waals surface area (Å²) in [5.41, 5.74) is 3.19. The monoisotopic (exact) mass is 554 g/mol. The van der Waals surface area contributed by atoms with Crippen LogP contribution in [0.1, 0.15) is 37.4 Å². The molecule has 40 heavy (non-hydrogen) atoms. The second-order valence-corrected chi connectivity index (χ2v) is 11.5. The minimum Gasteiger partial charge on any atom is -0.496 e. The van der Waals surface area contributed by atoms with E-state index in [2.05, 4.69) is 0 Å². The number of esters is 1. The first-order chi connectivity index (χ1) is 19.3. The van der Waals surface area contributed by atoms with E-state index in [0.29, 0.717) is 33.2 Å². The van der Waals surface area contributed by atoms with Gasteiger partial charge in [0.25, 0.3) is 15.9 Å². The van der Waals surface area contributed by atoms with E-state index in [1.54, 1.807) is 54.5 Å². The molecule has 0 aliphatic carbocycles. The Balaban J connectivity index is 1.65. The number of nitrogens with zero attached hydrogens (tertiary/aromatic N) is 2. The topological polar surface area (TPSA) is 94.9 Å². The van der Waals surface area contributed by atoms with Crippen LogP contribution in [0, 0.1) is 6.92 Å². The van der Waals surface area contributed by atoms with Crippen molar-refractivity contribution < 1.29 is 27.5 Å². The van der Waals surface area contributed by atoms with Gasteiger partial charge < -0.3 is 14.4 Å². The zero-order valence-electron chi connectivity index (χ0n) is 22.2. The van der Waals surface area contributed by atoms with Gasteiger partial charge in [-0.3, -0.25) is 4.79 Å². The molecular weight excluding hydrogens is 528 g/mol. The summed E-state index contributed by atoms with van der Waals surface area (Å²) in [7, 11) is -1.34.